The Morgan fingerprint density at radius 1 is 1.00 bits per heavy atom. The van der Waals surface area contributed by atoms with Gasteiger partial charge in [-0.25, -0.2) is 9.78 Å². The highest BCUT2D eigenvalue weighted by atomic mass is 16.5. The lowest BCUT2D eigenvalue weighted by atomic mass is 10.1. The van der Waals surface area contributed by atoms with Crippen LogP contribution in [-0.4, -0.2) is 24.0 Å². The first-order valence-corrected chi connectivity index (χ1v) is 9.01. The molecule has 0 atom stereocenters. The van der Waals surface area contributed by atoms with Crippen molar-refractivity contribution in [1.29, 1.82) is 0 Å². The third-order valence-corrected chi connectivity index (χ3v) is 4.52. The minimum atomic E-state index is -0.429. The molecule has 29 heavy (non-hydrogen) atoms. The first-order chi connectivity index (χ1) is 14.0. The second kappa shape index (κ2) is 7.59. The number of carbonyl (C=O) groups is 2. The highest BCUT2D eigenvalue weighted by Crippen LogP contribution is 2.27. The van der Waals surface area contributed by atoms with Gasteiger partial charge in [-0.15, -0.1) is 0 Å². The fourth-order valence-corrected chi connectivity index (χ4v) is 3.07. The number of ether oxygens (including phenoxy) is 1. The van der Waals surface area contributed by atoms with E-state index in [1.807, 2.05) is 43.3 Å². The molecule has 2 heterocycles. The van der Waals surface area contributed by atoms with E-state index in [2.05, 4.69) is 15.0 Å². The van der Waals surface area contributed by atoms with E-state index in [4.69, 9.17) is 4.42 Å². The number of hydrogen-bond acceptors (Lipinski definition) is 5. The average Bonchev–Trinajstić information content (AvgIpc) is 3.19. The molecule has 0 saturated carbocycles. The Morgan fingerprint density at radius 2 is 1.76 bits per heavy atom. The number of pyridine rings is 1. The van der Waals surface area contributed by atoms with Crippen molar-refractivity contribution in [2.45, 2.75) is 6.92 Å². The van der Waals surface area contributed by atoms with Crippen molar-refractivity contribution < 1.29 is 18.7 Å². The van der Waals surface area contributed by atoms with Gasteiger partial charge < -0.3 is 14.5 Å². The van der Waals surface area contributed by atoms with Crippen LogP contribution in [0.25, 0.3) is 22.4 Å². The quantitative estimate of drug-likeness (QED) is 0.508. The maximum atomic E-state index is 13.0. The summed E-state index contributed by atoms with van der Waals surface area (Å²) < 4.78 is 10.4. The van der Waals surface area contributed by atoms with Crippen molar-refractivity contribution in [3.8, 4) is 11.5 Å². The Hall–Kier alpha value is -3.93. The number of hydrogen-bond donors (Lipinski definition) is 1. The van der Waals surface area contributed by atoms with Crippen molar-refractivity contribution in [3.05, 3.63) is 83.6 Å². The molecule has 0 aliphatic heterocycles. The Balaban J connectivity index is 1.70. The Labute approximate surface area is 167 Å². The van der Waals surface area contributed by atoms with Crippen LogP contribution in [0.2, 0.25) is 0 Å². The molecule has 1 amide bonds. The zero-order valence-electron chi connectivity index (χ0n) is 15.9. The predicted octanol–water partition coefficient (Wildman–Crippen LogP) is 4.84. The number of fused-ring (bicyclic) bond motifs is 1. The summed E-state index contributed by atoms with van der Waals surface area (Å²) >= 11 is 0. The molecule has 6 heteroatoms. The number of esters is 1. The summed E-state index contributed by atoms with van der Waals surface area (Å²) in [5, 5.41) is 3.61. The molecule has 0 aliphatic carbocycles. The predicted molar refractivity (Wildman–Crippen MR) is 110 cm³/mol. The van der Waals surface area contributed by atoms with E-state index < -0.39 is 5.97 Å². The number of rotatable bonds is 4. The number of furan rings is 1. The topological polar surface area (TPSA) is 81.4 Å². The van der Waals surface area contributed by atoms with E-state index >= 15 is 0 Å². The van der Waals surface area contributed by atoms with Crippen molar-refractivity contribution in [2.75, 3.05) is 12.4 Å². The van der Waals surface area contributed by atoms with E-state index in [1.54, 1.807) is 30.3 Å². The van der Waals surface area contributed by atoms with Crippen molar-refractivity contribution in [3.63, 3.8) is 0 Å². The SMILES string of the molecule is COC(=O)c1ccc(NC(=O)c2cc(-c3ccc(C)o3)nc3ccccc23)cc1. The van der Waals surface area contributed by atoms with Crippen LogP contribution in [0.5, 0.6) is 0 Å². The van der Waals surface area contributed by atoms with Crippen LogP contribution in [0.3, 0.4) is 0 Å². The van der Waals surface area contributed by atoms with Gasteiger partial charge in [-0.05, 0) is 55.5 Å². The number of nitrogens with zero attached hydrogens (tertiary/aromatic N) is 1. The van der Waals surface area contributed by atoms with Crippen LogP contribution in [0.1, 0.15) is 26.5 Å². The van der Waals surface area contributed by atoms with Gasteiger partial charge in [-0.1, -0.05) is 18.2 Å². The highest BCUT2D eigenvalue weighted by molar-refractivity contribution is 6.13. The second-order valence-corrected chi connectivity index (χ2v) is 6.51. The molecule has 144 valence electrons. The van der Waals surface area contributed by atoms with Crippen molar-refractivity contribution in [2.24, 2.45) is 0 Å². The fourth-order valence-electron chi connectivity index (χ4n) is 3.07. The van der Waals surface area contributed by atoms with Crippen molar-refractivity contribution in [1.82, 2.24) is 4.98 Å². The average molecular weight is 386 g/mol. The molecule has 0 spiro atoms. The first-order valence-electron chi connectivity index (χ1n) is 9.01. The maximum Gasteiger partial charge on any atom is 0.337 e. The molecule has 0 bridgehead atoms. The fraction of sp³-hybridized carbons (Fsp3) is 0.0870. The molecule has 0 fully saturated rings. The summed E-state index contributed by atoms with van der Waals surface area (Å²) in [6, 6.07) is 19.4. The van der Waals surface area contributed by atoms with E-state index in [1.165, 1.54) is 7.11 Å². The van der Waals surface area contributed by atoms with Crippen LogP contribution < -0.4 is 5.32 Å². The monoisotopic (exact) mass is 386 g/mol. The lowest BCUT2D eigenvalue weighted by molar-refractivity contribution is 0.0600. The number of anilines is 1. The molecule has 6 nitrogen and oxygen atoms in total. The second-order valence-electron chi connectivity index (χ2n) is 6.51. The van der Waals surface area contributed by atoms with Gasteiger partial charge >= 0.3 is 5.97 Å². The number of aryl methyl sites for hydroxylation is 1. The zero-order chi connectivity index (χ0) is 20.4. The Kier molecular flexibility index (Phi) is 4.83. The van der Waals surface area contributed by atoms with Crippen LogP contribution >= 0.6 is 0 Å². The molecular weight excluding hydrogens is 368 g/mol. The minimum Gasteiger partial charge on any atom is -0.465 e. The lowest BCUT2D eigenvalue weighted by Gasteiger charge is -2.10. The molecule has 4 aromatic rings. The number of benzene rings is 2. The molecule has 2 aromatic heterocycles. The molecular formula is C23H18N2O4. The molecule has 2 aromatic carbocycles. The number of para-hydroxylation sites is 1. The summed E-state index contributed by atoms with van der Waals surface area (Å²) in [6.07, 6.45) is 0. The number of amides is 1. The number of nitrogens with one attached hydrogen (secondary N) is 1. The van der Waals surface area contributed by atoms with Gasteiger partial charge in [0.2, 0.25) is 0 Å². The van der Waals surface area contributed by atoms with Crippen molar-refractivity contribution >= 4 is 28.5 Å². The van der Waals surface area contributed by atoms with Gasteiger partial charge in [-0.3, -0.25) is 4.79 Å². The van der Waals surface area contributed by atoms with Gasteiger partial charge in [0.1, 0.15) is 11.5 Å². The van der Waals surface area contributed by atoms with Gasteiger partial charge in [0.05, 0.1) is 23.8 Å². The summed E-state index contributed by atoms with van der Waals surface area (Å²) in [6.45, 7) is 1.86. The van der Waals surface area contributed by atoms with Gasteiger partial charge in [0.15, 0.2) is 5.76 Å². The number of aromatic nitrogens is 1. The largest absolute Gasteiger partial charge is 0.465 e. The summed E-state index contributed by atoms with van der Waals surface area (Å²) in [5.41, 5.74) is 2.75. The standard InChI is InChI=1S/C23H18N2O4/c1-14-7-12-21(29-14)20-13-18(17-5-3-4-6-19(17)25-20)22(26)24-16-10-8-15(9-11-16)23(27)28-2/h3-13H,1-2H3,(H,24,26). The first kappa shape index (κ1) is 18.4. The van der Waals surface area contributed by atoms with Crippen LogP contribution in [0.4, 0.5) is 5.69 Å². The molecule has 1 N–H and O–H groups in total. The zero-order valence-corrected chi connectivity index (χ0v) is 15.9. The maximum absolute atomic E-state index is 13.0. The minimum absolute atomic E-state index is 0.279. The van der Waals surface area contributed by atoms with Gasteiger partial charge in [0, 0.05) is 11.1 Å². The summed E-state index contributed by atoms with van der Waals surface area (Å²) in [4.78, 5) is 29.2. The van der Waals surface area contributed by atoms with E-state index in [0.717, 1.165) is 11.1 Å². The number of carbonyl (C=O) groups excluding carboxylic acids is 2. The van der Waals surface area contributed by atoms with Gasteiger partial charge in [-0.2, -0.15) is 0 Å². The third-order valence-electron chi connectivity index (χ3n) is 4.52. The van der Waals surface area contributed by atoms with Crippen LogP contribution in [0, 0.1) is 6.92 Å². The molecule has 0 aliphatic rings. The molecule has 0 saturated heterocycles. The summed E-state index contributed by atoms with van der Waals surface area (Å²) in [7, 11) is 1.32. The molecule has 0 unspecified atom stereocenters. The molecule has 4 rings (SSSR count). The smallest absolute Gasteiger partial charge is 0.337 e. The number of methoxy groups -OCH3 is 1. The summed E-state index contributed by atoms with van der Waals surface area (Å²) in [5.74, 6) is 0.664. The highest BCUT2D eigenvalue weighted by Gasteiger charge is 2.16. The van der Waals surface area contributed by atoms with E-state index in [9.17, 15) is 9.59 Å². The lowest BCUT2D eigenvalue weighted by Crippen LogP contribution is -2.13. The van der Waals surface area contributed by atoms with Gasteiger partial charge in [0.25, 0.3) is 5.91 Å². The Morgan fingerprint density at radius 3 is 2.45 bits per heavy atom. The Bertz CT molecular complexity index is 1210. The van der Waals surface area contributed by atoms with E-state index in [-0.39, 0.29) is 5.91 Å². The molecule has 0 radical (unpaired) electrons. The normalized spacial score (nSPS) is 10.7. The third kappa shape index (κ3) is 3.73. The van der Waals surface area contributed by atoms with E-state index in [0.29, 0.717) is 33.8 Å². The van der Waals surface area contributed by atoms with Crippen LogP contribution in [-0.2, 0) is 4.74 Å². The van der Waals surface area contributed by atoms with Crippen LogP contribution in [0.15, 0.2) is 71.1 Å².